The number of fused-ring (bicyclic) bond motifs is 3. The molecular formula is C18H22N2. The van der Waals surface area contributed by atoms with Gasteiger partial charge in [0.15, 0.2) is 0 Å². The Morgan fingerprint density at radius 1 is 0.900 bits per heavy atom. The number of aryl methyl sites for hydroxylation is 1. The molecule has 0 fully saturated rings. The van der Waals surface area contributed by atoms with Crippen LogP contribution in [0.5, 0.6) is 0 Å². The summed E-state index contributed by atoms with van der Waals surface area (Å²) >= 11 is 0. The van der Waals surface area contributed by atoms with E-state index in [1.54, 1.807) is 0 Å². The van der Waals surface area contributed by atoms with E-state index in [1.165, 1.54) is 21.8 Å². The average Bonchev–Trinajstić information content (AvgIpc) is 2.80. The summed E-state index contributed by atoms with van der Waals surface area (Å²) < 4.78 is 2.43. The van der Waals surface area contributed by atoms with E-state index in [2.05, 4.69) is 66.9 Å². The van der Waals surface area contributed by atoms with Crippen LogP contribution in [0.4, 0.5) is 0 Å². The van der Waals surface area contributed by atoms with Gasteiger partial charge in [-0.05, 0) is 30.5 Å². The van der Waals surface area contributed by atoms with Crippen molar-refractivity contribution >= 4 is 21.8 Å². The topological polar surface area (TPSA) is 30.9 Å². The Kier molecular flexibility index (Phi) is 3.27. The van der Waals surface area contributed by atoms with Crippen molar-refractivity contribution in [3.63, 3.8) is 0 Å². The molecule has 0 bridgehead atoms. The Morgan fingerprint density at radius 2 is 1.40 bits per heavy atom. The molecule has 3 rings (SSSR count). The molecule has 0 unspecified atom stereocenters. The lowest BCUT2D eigenvalue weighted by atomic mass is 9.89. The molecule has 0 saturated carbocycles. The highest BCUT2D eigenvalue weighted by Crippen LogP contribution is 2.30. The summed E-state index contributed by atoms with van der Waals surface area (Å²) in [5, 5.41) is 2.68. The van der Waals surface area contributed by atoms with Crippen molar-refractivity contribution in [1.82, 2.24) is 4.57 Å². The minimum absolute atomic E-state index is 0.187. The minimum atomic E-state index is 0.187. The highest BCUT2D eigenvalue weighted by Gasteiger charge is 2.17. The monoisotopic (exact) mass is 266 g/mol. The van der Waals surface area contributed by atoms with Gasteiger partial charge >= 0.3 is 0 Å². The highest BCUT2D eigenvalue weighted by atomic mass is 15.0. The van der Waals surface area contributed by atoms with E-state index in [1.807, 2.05) is 0 Å². The van der Waals surface area contributed by atoms with E-state index >= 15 is 0 Å². The molecule has 20 heavy (non-hydrogen) atoms. The average molecular weight is 266 g/mol. The van der Waals surface area contributed by atoms with Crippen LogP contribution in [0.25, 0.3) is 21.8 Å². The van der Waals surface area contributed by atoms with Crippen LogP contribution in [0.3, 0.4) is 0 Å². The normalized spacial score (nSPS) is 12.3. The first-order chi connectivity index (χ1) is 9.62. The van der Waals surface area contributed by atoms with E-state index in [4.69, 9.17) is 5.73 Å². The van der Waals surface area contributed by atoms with Gasteiger partial charge in [0.2, 0.25) is 0 Å². The molecule has 2 aromatic carbocycles. The zero-order valence-corrected chi connectivity index (χ0v) is 12.3. The van der Waals surface area contributed by atoms with Crippen LogP contribution in [0, 0.1) is 5.41 Å². The second kappa shape index (κ2) is 4.95. The van der Waals surface area contributed by atoms with Gasteiger partial charge in [0, 0.05) is 28.4 Å². The van der Waals surface area contributed by atoms with E-state index < -0.39 is 0 Å². The Balaban J connectivity index is 2.12. The standard InChI is InChI=1S/C18H22N2/c1-18(2,13-19)11-12-20-16-9-5-3-7-14(16)15-8-4-6-10-17(15)20/h3-10H,11-13,19H2,1-2H3. The number of hydrogen-bond acceptors (Lipinski definition) is 1. The molecule has 2 nitrogen and oxygen atoms in total. The van der Waals surface area contributed by atoms with Gasteiger partial charge in [0.1, 0.15) is 0 Å². The van der Waals surface area contributed by atoms with Gasteiger partial charge in [-0.3, -0.25) is 0 Å². The number of aromatic nitrogens is 1. The summed E-state index contributed by atoms with van der Waals surface area (Å²) in [5.74, 6) is 0. The molecule has 0 aliphatic carbocycles. The molecule has 2 heteroatoms. The Hall–Kier alpha value is -1.80. The van der Waals surface area contributed by atoms with Crippen LogP contribution in [-0.4, -0.2) is 11.1 Å². The summed E-state index contributed by atoms with van der Waals surface area (Å²) in [4.78, 5) is 0. The van der Waals surface area contributed by atoms with Crippen LogP contribution >= 0.6 is 0 Å². The fourth-order valence-corrected chi connectivity index (χ4v) is 2.76. The van der Waals surface area contributed by atoms with Crippen LogP contribution in [0.15, 0.2) is 48.5 Å². The van der Waals surface area contributed by atoms with Crippen molar-refractivity contribution in [1.29, 1.82) is 0 Å². The summed E-state index contributed by atoms with van der Waals surface area (Å²) in [6.07, 6.45) is 1.09. The SMILES string of the molecule is CC(C)(CN)CCn1c2ccccc2c2ccccc21. The lowest BCUT2D eigenvalue weighted by molar-refractivity contribution is 0.328. The zero-order valence-electron chi connectivity index (χ0n) is 12.3. The maximum atomic E-state index is 5.86. The van der Waals surface area contributed by atoms with Crippen LogP contribution in [0.2, 0.25) is 0 Å². The fraction of sp³-hybridized carbons (Fsp3) is 0.333. The van der Waals surface area contributed by atoms with E-state index in [0.29, 0.717) is 0 Å². The molecule has 0 spiro atoms. The smallest absolute Gasteiger partial charge is 0.0491 e. The molecule has 2 N–H and O–H groups in total. The number of rotatable bonds is 4. The third-order valence-electron chi connectivity index (χ3n) is 4.24. The molecular weight excluding hydrogens is 244 g/mol. The van der Waals surface area contributed by atoms with Crippen molar-refractivity contribution in [2.45, 2.75) is 26.8 Å². The summed E-state index contributed by atoms with van der Waals surface area (Å²) in [6, 6.07) is 17.3. The lowest BCUT2D eigenvalue weighted by Gasteiger charge is -2.23. The van der Waals surface area contributed by atoms with Crippen molar-refractivity contribution < 1.29 is 0 Å². The predicted molar refractivity (Wildman–Crippen MR) is 86.9 cm³/mol. The second-order valence-corrected chi connectivity index (χ2v) is 6.30. The van der Waals surface area contributed by atoms with Gasteiger partial charge in [-0.15, -0.1) is 0 Å². The van der Waals surface area contributed by atoms with Crippen LogP contribution < -0.4 is 5.73 Å². The van der Waals surface area contributed by atoms with Gasteiger partial charge < -0.3 is 10.3 Å². The third-order valence-corrected chi connectivity index (χ3v) is 4.24. The van der Waals surface area contributed by atoms with Crippen molar-refractivity contribution in [3.8, 4) is 0 Å². The van der Waals surface area contributed by atoms with E-state index in [-0.39, 0.29) is 5.41 Å². The molecule has 0 aliphatic heterocycles. The van der Waals surface area contributed by atoms with Gasteiger partial charge in [0.25, 0.3) is 0 Å². The fourth-order valence-electron chi connectivity index (χ4n) is 2.76. The van der Waals surface area contributed by atoms with Gasteiger partial charge in [-0.25, -0.2) is 0 Å². The summed E-state index contributed by atoms with van der Waals surface area (Å²) in [5.41, 5.74) is 8.69. The molecule has 0 amide bonds. The first-order valence-corrected chi connectivity index (χ1v) is 7.28. The van der Waals surface area contributed by atoms with Crippen molar-refractivity contribution in [2.24, 2.45) is 11.1 Å². The molecule has 104 valence electrons. The van der Waals surface area contributed by atoms with Crippen LogP contribution in [-0.2, 0) is 6.54 Å². The summed E-state index contributed by atoms with van der Waals surface area (Å²) in [7, 11) is 0. The summed E-state index contributed by atoms with van der Waals surface area (Å²) in [6.45, 7) is 6.21. The quantitative estimate of drug-likeness (QED) is 0.755. The molecule has 1 aromatic heterocycles. The Labute approximate surface area is 120 Å². The van der Waals surface area contributed by atoms with Gasteiger partial charge in [-0.2, -0.15) is 0 Å². The zero-order chi connectivity index (χ0) is 14.2. The van der Waals surface area contributed by atoms with Crippen molar-refractivity contribution in [3.05, 3.63) is 48.5 Å². The molecule has 3 aromatic rings. The number of benzene rings is 2. The number of para-hydroxylation sites is 2. The molecule has 0 saturated heterocycles. The lowest BCUT2D eigenvalue weighted by Crippen LogP contribution is -2.25. The van der Waals surface area contributed by atoms with E-state index in [9.17, 15) is 0 Å². The Morgan fingerprint density at radius 3 is 1.90 bits per heavy atom. The highest BCUT2D eigenvalue weighted by molar-refractivity contribution is 6.07. The minimum Gasteiger partial charge on any atom is -0.340 e. The maximum absolute atomic E-state index is 5.86. The Bertz CT molecular complexity index is 684. The number of nitrogens with two attached hydrogens (primary N) is 1. The second-order valence-electron chi connectivity index (χ2n) is 6.30. The largest absolute Gasteiger partial charge is 0.340 e. The van der Waals surface area contributed by atoms with Gasteiger partial charge in [0.05, 0.1) is 0 Å². The molecule has 0 aliphatic rings. The molecule has 1 heterocycles. The molecule has 0 radical (unpaired) electrons. The molecule has 0 atom stereocenters. The predicted octanol–water partition coefficient (Wildman–Crippen LogP) is 4.17. The van der Waals surface area contributed by atoms with Gasteiger partial charge in [-0.1, -0.05) is 50.2 Å². The first-order valence-electron chi connectivity index (χ1n) is 7.28. The third kappa shape index (κ3) is 2.20. The van der Waals surface area contributed by atoms with E-state index in [0.717, 1.165) is 19.5 Å². The maximum Gasteiger partial charge on any atom is 0.0491 e. The van der Waals surface area contributed by atoms with Crippen LogP contribution in [0.1, 0.15) is 20.3 Å². The number of nitrogens with zero attached hydrogens (tertiary/aromatic N) is 1. The first kappa shape index (κ1) is 13.2. The van der Waals surface area contributed by atoms with Crippen molar-refractivity contribution in [2.75, 3.05) is 6.54 Å². The number of hydrogen-bond donors (Lipinski definition) is 1.